The SMILES string of the molecule is Cc1ccc(S(=O)(=O)N(CC(=O)N2CCc3cc(S(=O)(=O)N(C)C)ccc32)c2cc(C)ccc2C)cc1. The summed E-state index contributed by atoms with van der Waals surface area (Å²) in [7, 11) is -4.72. The van der Waals surface area contributed by atoms with Gasteiger partial charge in [0.15, 0.2) is 0 Å². The van der Waals surface area contributed by atoms with E-state index in [1.807, 2.05) is 32.9 Å². The zero-order chi connectivity index (χ0) is 27.1. The van der Waals surface area contributed by atoms with Crippen molar-refractivity contribution >= 4 is 37.3 Å². The molecule has 0 saturated carbocycles. The van der Waals surface area contributed by atoms with E-state index < -0.39 is 32.5 Å². The Balaban J connectivity index is 1.71. The number of amides is 1. The highest BCUT2D eigenvalue weighted by Crippen LogP contribution is 2.33. The Hall–Kier alpha value is -3.21. The molecule has 37 heavy (non-hydrogen) atoms. The number of carbonyl (C=O) groups excluding carboxylic acids is 1. The number of fused-ring (bicyclic) bond motifs is 1. The molecule has 4 rings (SSSR count). The zero-order valence-corrected chi connectivity index (χ0v) is 23.2. The van der Waals surface area contributed by atoms with E-state index in [2.05, 4.69) is 0 Å². The first kappa shape index (κ1) is 26.8. The van der Waals surface area contributed by atoms with Crippen LogP contribution in [-0.4, -0.2) is 54.2 Å². The molecule has 0 bridgehead atoms. The average molecular weight is 542 g/mol. The molecule has 0 unspecified atom stereocenters. The Morgan fingerprint density at radius 1 is 0.811 bits per heavy atom. The first-order valence-electron chi connectivity index (χ1n) is 11.8. The van der Waals surface area contributed by atoms with E-state index in [-0.39, 0.29) is 9.79 Å². The number of hydrogen-bond donors (Lipinski definition) is 0. The van der Waals surface area contributed by atoms with Crippen molar-refractivity contribution in [2.24, 2.45) is 0 Å². The predicted molar refractivity (Wildman–Crippen MR) is 145 cm³/mol. The Labute approximate surface area is 219 Å². The van der Waals surface area contributed by atoms with E-state index in [1.54, 1.807) is 42.5 Å². The summed E-state index contributed by atoms with van der Waals surface area (Å²) in [6, 6.07) is 16.7. The highest BCUT2D eigenvalue weighted by molar-refractivity contribution is 7.92. The van der Waals surface area contributed by atoms with E-state index in [1.165, 1.54) is 29.4 Å². The molecule has 3 aromatic carbocycles. The summed E-state index contributed by atoms with van der Waals surface area (Å²) in [5, 5.41) is 0. The molecule has 3 aromatic rings. The maximum Gasteiger partial charge on any atom is 0.264 e. The van der Waals surface area contributed by atoms with Gasteiger partial charge in [-0.15, -0.1) is 0 Å². The van der Waals surface area contributed by atoms with Gasteiger partial charge in [0.25, 0.3) is 10.0 Å². The van der Waals surface area contributed by atoms with Crippen LogP contribution in [0.15, 0.2) is 70.5 Å². The van der Waals surface area contributed by atoms with Crippen molar-refractivity contribution in [1.29, 1.82) is 0 Å². The van der Waals surface area contributed by atoms with Gasteiger partial charge in [-0.2, -0.15) is 0 Å². The lowest BCUT2D eigenvalue weighted by atomic mass is 10.1. The third-order valence-corrected chi connectivity index (χ3v) is 10.1. The van der Waals surface area contributed by atoms with E-state index in [0.29, 0.717) is 24.3 Å². The van der Waals surface area contributed by atoms with E-state index in [9.17, 15) is 21.6 Å². The number of hydrogen-bond acceptors (Lipinski definition) is 5. The van der Waals surface area contributed by atoms with Crippen LogP contribution in [0.4, 0.5) is 11.4 Å². The Morgan fingerprint density at radius 3 is 2.08 bits per heavy atom. The summed E-state index contributed by atoms with van der Waals surface area (Å²) in [4.78, 5) is 15.4. The van der Waals surface area contributed by atoms with Gasteiger partial charge in [-0.05, 0) is 80.3 Å². The van der Waals surface area contributed by atoms with Gasteiger partial charge in [0.1, 0.15) is 6.54 Å². The Morgan fingerprint density at radius 2 is 1.43 bits per heavy atom. The molecule has 0 fully saturated rings. The fraction of sp³-hybridized carbons (Fsp3) is 0.296. The van der Waals surface area contributed by atoms with Crippen LogP contribution in [0.2, 0.25) is 0 Å². The molecule has 8 nitrogen and oxygen atoms in total. The molecule has 1 aliphatic heterocycles. The molecule has 0 aromatic heterocycles. The third kappa shape index (κ3) is 5.14. The summed E-state index contributed by atoms with van der Waals surface area (Å²) < 4.78 is 55.0. The summed E-state index contributed by atoms with van der Waals surface area (Å²) in [5.74, 6) is -0.390. The second-order valence-electron chi connectivity index (χ2n) is 9.49. The van der Waals surface area contributed by atoms with Crippen LogP contribution in [0.5, 0.6) is 0 Å². The number of nitrogens with zero attached hydrogens (tertiary/aromatic N) is 3. The number of rotatable bonds is 7. The van der Waals surface area contributed by atoms with Gasteiger partial charge in [0, 0.05) is 26.3 Å². The minimum absolute atomic E-state index is 0.104. The van der Waals surface area contributed by atoms with Crippen molar-refractivity contribution in [3.8, 4) is 0 Å². The van der Waals surface area contributed by atoms with Gasteiger partial charge >= 0.3 is 0 Å². The normalized spacial score (nSPS) is 13.6. The lowest BCUT2D eigenvalue weighted by Crippen LogP contribution is -2.43. The zero-order valence-electron chi connectivity index (χ0n) is 21.6. The van der Waals surface area contributed by atoms with Gasteiger partial charge in [-0.1, -0.05) is 29.8 Å². The molecule has 1 amide bonds. The first-order chi connectivity index (χ1) is 17.3. The van der Waals surface area contributed by atoms with Crippen LogP contribution in [0.25, 0.3) is 0 Å². The Bertz CT molecular complexity index is 1560. The number of sulfonamides is 2. The van der Waals surface area contributed by atoms with Crippen LogP contribution in [0, 0.1) is 20.8 Å². The van der Waals surface area contributed by atoms with Crippen LogP contribution in [0.1, 0.15) is 22.3 Å². The molecule has 196 valence electrons. The van der Waals surface area contributed by atoms with Crippen molar-refractivity contribution in [1.82, 2.24) is 4.31 Å². The van der Waals surface area contributed by atoms with E-state index >= 15 is 0 Å². The fourth-order valence-corrected chi connectivity index (χ4v) is 6.77. The number of anilines is 2. The first-order valence-corrected chi connectivity index (χ1v) is 14.7. The Kier molecular flexibility index (Phi) is 7.20. The summed E-state index contributed by atoms with van der Waals surface area (Å²) in [5.41, 5.74) is 4.30. The molecular formula is C27H31N3O5S2. The van der Waals surface area contributed by atoms with E-state index in [4.69, 9.17) is 0 Å². The lowest BCUT2D eigenvalue weighted by Gasteiger charge is -2.28. The summed E-state index contributed by atoms with van der Waals surface area (Å²) in [6.07, 6.45) is 0.478. The maximum atomic E-state index is 13.8. The highest BCUT2D eigenvalue weighted by Gasteiger charge is 2.33. The van der Waals surface area contributed by atoms with Crippen LogP contribution < -0.4 is 9.21 Å². The molecule has 0 saturated heterocycles. The number of aryl methyl sites for hydroxylation is 3. The van der Waals surface area contributed by atoms with Crippen molar-refractivity contribution in [2.45, 2.75) is 37.0 Å². The van der Waals surface area contributed by atoms with Gasteiger partial charge in [0.05, 0.1) is 15.5 Å². The molecule has 0 radical (unpaired) electrons. The molecule has 0 N–H and O–H groups in total. The average Bonchev–Trinajstić information content (AvgIpc) is 3.27. The number of carbonyl (C=O) groups is 1. The highest BCUT2D eigenvalue weighted by atomic mass is 32.2. The van der Waals surface area contributed by atoms with Crippen molar-refractivity contribution in [3.05, 3.63) is 82.9 Å². The maximum absolute atomic E-state index is 13.8. The smallest absolute Gasteiger partial charge is 0.264 e. The largest absolute Gasteiger partial charge is 0.310 e. The van der Waals surface area contributed by atoms with Crippen LogP contribution in [0.3, 0.4) is 0 Å². The third-order valence-electron chi connectivity index (χ3n) is 6.55. The molecule has 1 heterocycles. The fourth-order valence-electron chi connectivity index (χ4n) is 4.34. The summed E-state index contributed by atoms with van der Waals surface area (Å²) >= 11 is 0. The van der Waals surface area contributed by atoms with Gasteiger partial charge in [-0.3, -0.25) is 9.10 Å². The second-order valence-corrected chi connectivity index (χ2v) is 13.5. The van der Waals surface area contributed by atoms with Crippen molar-refractivity contribution < 1.29 is 21.6 Å². The monoisotopic (exact) mass is 541 g/mol. The molecule has 0 aliphatic carbocycles. The van der Waals surface area contributed by atoms with Crippen molar-refractivity contribution in [2.75, 3.05) is 36.4 Å². The van der Waals surface area contributed by atoms with Gasteiger partial charge in [0.2, 0.25) is 15.9 Å². The lowest BCUT2D eigenvalue weighted by molar-refractivity contribution is -0.117. The molecular weight excluding hydrogens is 510 g/mol. The summed E-state index contributed by atoms with van der Waals surface area (Å²) in [6.45, 7) is 5.51. The van der Waals surface area contributed by atoms with Crippen molar-refractivity contribution in [3.63, 3.8) is 0 Å². The molecule has 0 atom stereocenters. The van der Waals surface area contributed by atoms with Crippen LogP contribution in [-0.2, 0) is 31.3 Å². The second kappa shape index (κ2) is 9.92. The molecule has 0 spiro atoms. The predicted octanol–water partition coefficient (Wildman–Crippen LogP) is 3.65. The van der Waals surface area contributed by atoms with Gasteiger partial charge < -0.3 is 4.90 Å². The van der Waals surface area contributed by atoms with Crippen LogP contribution >= 0.6 is 0 Å². The van der Waals surface area contributed by atoms with Gasteiger partial charge in [-0.25, -0.2) is 21.1 Å². The molecule has 1 aliphatic rings. The minimum Gasteiger partial charge on any atom is -0.310 e. The topological polar surface area (TPSA) is 95.1 Å². The standard InChI is InChI=1S/C27H31N3O5S2/c1-19-7-10-23(11-8-19)37(34,35)30(26-16-20(2)6-9-21(26)3)18-27(31)29-15-14-22-17-24(12-13-25(22)29)36(32,33)28(4)5/h6-13,16-17H,14-15,18H2,1-5H3. The number of benzene rings is 3. The minimum atomic E-state index is -4.05. The quantitative estimate of drug-likeness (QED) is 0.455. The van der Waals surface area contributed by atoms with E-state index in [0.717, 1.165) is 26.6 Å². The molecule has 10 heteroatoms.